The Labute approximate surface area is 121 Å². The van der Waals surface area contributed by atoms with Crippen molar-refractivity contribution in [3.63, 3.8) is 0 Å². The molecular formula is C16H26N2O2. The molecule has 0 aliphatic carbocycles. The van der Waals surface area contributed by atoms with Crippen LogP contribution in [0.5, 0.6) is 0 Å². The third kappa shape index (κ3) is 3.08. The quantitative estimate of drug-likeness (QED) is 0.867. The molecule has 3 heterocycles. The van der Waals surface area contributed by atoms with E-state index in [0.717, 1.165) is 25.5 Å². The van der Waals surface area contributed by atoms with Crippen LogP contribution in [0, 0.1) is 5.92 Å². The van der Waals surface area contributed by atoms with E-state index >= 15 is 0 Å². The van der Waals surface area contributed by atoms with Crippen LogP contribution < -0.4 is 5.32 Å². The largest absolute Gasteiger partial charge is 0.468 e. The van der Waals surface area contributed by atoms with Crippen LogP contribution in [0.1, 0.15) is 38.0 Å². The van der Waals surface area contributed by atoms with Crippen LogP contribution in [0.25, 0.3) is 0 Å². The molecule has 3 unspecified atom stereocenters. The molecule has 4 nitrogen and oxygen atoms in total. The van der Waals surface area contributed by atoms with E-state index in [1.807, 2.05) is 6.07 Å². The van der Waals surface area contributed by atoms with E-state index in [-0.39, 0.29) is 0 Å². The Bertz CT molecular complexity index is 387. The highest BCUT2D eigenvalue weighted by Gasteiger charge is 2.30. The smallest absolute Gasteiger partial charge is 0.122 e. The van der Waals surface area contributed by atoms with Gasteiger partial charge in [-0.2, -0.15) is 0 Å². The number of nitrogens with one attached hydrogen (secondary N) is 1. The predicted molar refractivity (Wildman–Crippen MR) is 78.6 cm³/mol. The van der Waals surface area contributed by atoms with Crippen molar-refractivity contribution in [3.8, 4) is 0 Å². The van der Waals surface area contributed by atoms with Crippen LogP contribution in [0.3, 0.4) is 0 Å². The first kappa shape index (κ1) is 14.1. The molecule has 20 heavy (non-hydrogen) atoms. The lowest BCUT2D eigenvalue weighted by Gasteiger charge is -2.28. The minimum Gasteiger partial charge on any atom is -0.468 e. The molecule has 0 radical (unpaired) electrons. The monoisotopic (exact) mass is 278 g/mol. The van der Waals surface area contributed by atoms with Gasteiger partial charge in [-0.3, -0.25) is 4.90 Å². The first-order valence-electron chi connectivity index (χ1n) is 7.97. The molecule has 2 aliphatic rings. The van der Waals surface area contributed by atoms with Gasteiger partial charge >= 0.3 is 0 Å². The summed E-state index contributed by atoms with van der Waals surface area (Å²) in [7, 11) is 0. The summed E-state index contributed by atoms with van der Waals surface area (Å²) in [6, 6.07) is 4.96. The highest BCUT2D eigenvalue weighted by Crippen LogP contribution is 2.26. The van der Waals surface area contributed by atoms with Crippen molar-refractivity contribution in [1.29, 1.82) is 0 Å². The molecule has 0 amide bonds. The second kappa shape index (κ2) is 6.74. The van der Waals surface area contributed by atoms with E-state index in [2.05, 4.69) is 23.2 Å². The third-order valence-corrected chi connectivity index (χ3v) is 4.75. The Morgan fingerprint density at radius 2 is 2.20 bits per heavy atom. The number of likely N-dealkylation sites (tertiary alicyclic amines) is 1. The molecule has 1 N–H and O–H groups in total. The van der Waals surface area contributed by atoms with E-state index < -0.39 is 0 Å². The molecule has 1 aromatic rings. The fourth-order valence-corrected chi connectivity index (χ4v) is 3.43. The minimum atomic E-state index is 0.366. The second-order valence-corrected chi connectivity index (χ2v) is 5.99. The topological polar surface area (TPSA) is 37.6 Å². The van der Waals surface area contributed by atoms with Gasteiger partial charge in [-0.15, -0.1) is 0 Å². The maximum Gasteiger partial charge on any atom is 0.122 e. The molecule has 2 fully saturated rings. The summed E-state index contributed by atoms with van der Waals surface area (Å²) in [6.07, 6.45) is 5.58. The van der Waals surface area contributed by atoms with Crippen LogP contribution in [-0.4, -0.2) is 43.8 Å². The van der Waals surface area contributed by atoms with Crippen molar-refractivity contribution in [2.24, 2.45) is 5.92 Å². The van der Waals surface area contributed by atoms with E-state index in [4.69, 9.17) is 9.15 Å². The van der Waals surface area contributed by atoms with Crippen LogP contribution >= 0.6 is 0 Å². The zero-order chi connectivity index (χ0) is 13.8. The Hall–Kier alpha value is -0.840. The van der Waals surface area contributed by atoms with Gasteiger partial charge in [0.25, 0.3) is 0 Å². The average Bonchev–Trinajstić information content (AvgIpc) is 3.22. The summed E-state index contributed by atoms with van der Waals surface area (Å²) in [6.45, 7) is 7.33. The summed E-state index contributed by atoms with van der Waals surface area (Å²) in [5.74, 6) is 1.75. The summed E-state index contributed by atoms with van der Waals surface area (Å²) in [5, 5.41) is 3.72. The van der Waals surface area contributed by atoms with Crippen LogP contribution in [0.4, 0.5) is 0 Å². The lowest BCUT2D eigenvalue weighted by molar-refractivity contribution is 0.177. The third-order valence-electron chi connectivity index (χ3n) is 4.75. The van der Waals surface area contributed by atoms with Crippen molar-refractivity contribution in [2.75, 3.05) is 32.8 Å². The molecular weight excluding hydrogens is 252 g/mol. The van der Waals surface area contributed by atoms with Crippen molar-refractivity contribution in [1.82, 2.24) is 10.2 Å². The van der Waals surface area contributed by atoms with Gasteiger partial charge in [0.15, 0.2) is 0 Å². The maximum absolute atomic E-state index is 5.66. The summed E-state index contributed by atoms with van der Waals surface area (Å²) >= 11 is 0. The van der Waals surface area contributed by atoms with Crippen molar-refractivity contribution in [3.05, 3.63) is 24.2 Å². The van der Waals surface area contributed by atoms with Crippen LogP contribution in [0.15, 0.2) is 22.8 Å². The zero-order valence-electron chi connectivity index (χ0n) is 12.4. The predicted octanol–water partition coefficient (Wildman–Crippen LogP) is 2.43. The molecule has 1 aromatic heterocycles. The number of furan rings is 1. The lowest BCUT2D eigenvalue weighted by Crippen LogP contribution is -2.41. The molecule has 2 saturated heterocycles. The van der Waals surface area contributed by atoms with Gasteiger partial charge in [-0.25, -0.2) is 0 Å². The highest BCUT2D eigenvalue weighted by atomic mass is 16.5. The van der Waals surface area contributed by atoms with Crippen LogP contribution in [0.2, 0.25) is 0 Å². The van der Waals surface area contributed by atoms with Gasteiger partial charge in [0, 0.05) is 12.6 Å². The Morgan fingerprint density at radius 1 is 1.35 bits per heavy atom. The van der Waals surface area contributed by atoms with E-state index in [1.165, 1.54) is 32.4 Å². The average molecular weight is 278 g/mol. The standard InChI is InChI=1S/C16H26N2O2/c1-2-13-11-19-12-14(13)17-10-15(16-6-5-9-20-16)18-7-3-4-8-18/h5-6,9,13-15,17H,2-4,7-8,10-12H2,1H3. The van der Waals surface area contributed by atoms with E-state index in [0.29, 0.717) is 18.0 Å². The molecule has 0 saturated carbocycles. The Kier molecular flexibility index (Phi) is 4.76. The highest BCUT2D eigenvalue weighted by molar-refractivity contribution is 5.06. The first-order valence-corrected chi connectivity index (χ1v) is 7.97. The number of hydrogen-bond acceptors (Lipinski definition) is 4. The molecule has 112 valence electrons. The summed E-state index contributed by atoms with van der Waals surface area (Å²) < 4.78 is 11.3. The fourth-order valence-electron chi connectivity index (χ4n) is 3.43. The number of nitrogens with zero attached hydrogens (tertiary/aromatic N) is 1. The van der Waals surface area contributed by atoms with Crippen molar-refractivity contribution >= 4 is 0 Å². The van der Waals surface area contributed by atoms with Gasteiger partial charge < -0.3 is 14.5 Å². The number of ether oxygens (including phenoxy) is 1. The first-order chi connectivity index (χ1) is 9.88. The molecule has 2 aliphatic heterocycles. The van der Waals surface area contributed by atoms with Crippen molar-refractivity contribution in [2.45, 2.75) is 38.3 Å². The van der Waals surface area contributed by atoms with Gasteiger partial charge in [0.05, 0.1) is 25.5 Å². The molecule has 0 bridgehead atoms. The second-order valence-electron chi connectivity index (χ2n) is 5.99. The zero-order valence-corrected chi connectivity index (χ0v) is 12.4. The lowest BCUT2D eigenvalue weighted by atomic mass is 10.0. The van der Waals surface area contributed by atoms with E-state index in [1.54, 1.807) is 6.26 Å². The van der Waals surface area contributed by atoms with Gasteiger partial charge in [-0.1, -0.05) is 6.92 Å². The SMILES string of the molecule is CCC1COCC1NCC(c1ccco1)N1CCCC1. The molecule has 3 atom stereocenters. The summed E-state index contributed by atoms with van der Waals surface area (Å²) in [5.41, 5.74) is 0. The van der Waals surface area contributed by atoms with Crippen LogP contribution in [-0.2, 0) is 4.74 Å². The Morgan fingerprint density at radius 3 is 2.90 bits per heavy atom. The molecule has 3 rings (SSSR count). The number of hydrogen-bond donors (Lipinski definition) is 1. The normalized spacial score (nSPS) is 29.1. The molecule has 4 heteroatoms. The summed E-state index contributed by atoms with van der Waals surface area (Å²) in [4.78, 5) is 2.54. The van der Waals surface area contributed by atoms with Gasteiger partial charge in [0.2, 0.25) is 0 Å². The van der Waals surface area contributed by atoms with Gasteiger partial charge in [-0.05, 0) is 50.4 Å². The molecule has 0 spiro atoms. The Balaban J connectivity index is 1.61. The number of rotatable bonds is 6. The van der Waals surface area contributed by atoms with Crippen molar-refractivity contribution < 1.29 is 9.15 Å². The molecule has 0 aromatic carbocycles. The fraction of sp³-hybridized carbons (Fsp3) is 0.750. The van der Waals surface area contributed by atoms with E-state index in [9.17, 15) is 0 Å². The van der Waals surface area contributed by atoms with Gasteiger partial charge in [0.1, 0.15) is 5.76 Å². The minimum absolute atomic E-state index is 0.366. The maximum atomic E-state index is 5.66.